The maximum Gasteiger partial charge on any atom is 0.317 e. The molecular weight excluding hydrogens is 330 g/mol. The fraction of sp³-hybridized carbons (Fsp3) is 0.533. The number of hydrogen-bond acceptors (Lipinski definition) is 2. The van der Waals surface area contributed by atoms with Gasteiger partial charge in [-0.15, -0.1) is 0 Å². The van der Waals surface area contributed by atoms with Crippen LogP contribution in [0.25, 0.3) is 0 Å². The van der Waals surface area contributed by atoms with Gasteiger partial charge in [0, 0.05) is 13.0 Å². The van der Waals surface area contributed by atoms with Gasteiger partial charge < -0.3 is 15.3 Å². The van der Waals surface area contributed by atoms with Gasteiger partial charge in [0.15, 0.2) is 5.67 Å². The predicted molar refractivity (Wildman–Crippen MR) is 83.2 cm³/mol. The Hall–Kier alpha value is -1.04. The van der Waals surface area contributed by atoms with Crippen molar-refractivity contribution in [3.05, 3.63) is 33.3 Å². The number of nitrogens with zero attached hydrogens (tertiary/aromatic N) is 1. The summed E-state index contributed by atoms with van der Waals surface area (Å²) in [5.74, 6) is 0. The molecule has 1 aromatic rings. The van der Waals surface area contributed by atoms with Crippen LogP contribution in [0.5, 0.6) is 0 Å². The number of fused-ring (bicyclic) bond motifs is 1. The summed E-state index contributed by atoms with van der Waals surface area (Å²) in [7, 11) is 0. The van der Waals surface area contributed by atoms with E-state index in [1.54, 1.807) is 6.07 Å². The fourth-order valence-corrected chi connectivity index (χ4v) is 3.60. The number of hydrogen-bond donors (Lipinski definition) is 2. The Labute approximate surface area is 138 Å². The molecule has 3 rings (SSSR count). The monoisotopic (exact) mass is 346 g/mol. The first-order valence-corrected chi connectivity index (χ1v) is 8.01. The van der Waals surface area contributed by atoms with Gasteiger partial charge in [-0.25, -0.2) is 9.18 Å². The number of amides is 2. The quantitative estimate of drug-likeness (QED) is 0.864. The van der Waals surface area contributed by atoms with Crippen LogP contribution in [0.15, 0.2) is 12.1 Å². The molecule has 4 nitrogen and oxygen atoms in total. The number of aliphatic hydroxyl groups excluding tert-OH is 1. The van der Waals surface area contributed by atoms with Gasteiger partial charge in [-0.1, -0.05) is 29.3 Å². The standard InChI is InChI=1S/C15H17Cl2FN2O2/c16-11-3-1-9-10(13(11)17)2-4-12(9)19-14(22)20-6-5-15(18,7-20)8-21/h1,3,12,21H,2,4-8H2,(H,19,22)/t12-,15-/m0/s1. The van der Waals surface area contributed by atoms with E-state index in [0.717, 1.165) is 24.0 Å². The van der Waals surface area contributed by atoms with Crippen LogP contribution in [0.2, 0.25) is 10.0 Å². The second-order valence-electron chi connectivity index (χ2n) is 5.95. The van der Waals surface area contributed by atoms with Crippen LogP contribution >= 0.6 is 23.2 Å². The molecule has 120 valence electrons. The summed E-state index contributed by atoms with van der Waals surface area (Å²) in [5.41, 5.74) is 0.258. The lowest BCUT2D eigenvalue weighted by molar-refractivity contribution is 0.0804. The van der Waals surface area contributed by atoms with Crippen molar-refractivity contribution in [1.29, 1.82) is 0 Å². The summed E-state index contributed by atoms with van der Waals surface area (Å²) in [5, 5.41) is 13.0. The summed E-state index contributed by atoms with van der Waals surface area (Å²) in [4.78, 5) is 13.7. The molecule has 7 heteroatoms. The van der Waals surface area contributed by atoms with Crippen molar-refractivity contribution in [2.75, 3.05) is 19.7 Å². The van der Waals surface area contributed by atoms with Crippen molar-refractivity contribution in [3.8, 4) is 0 Å². The molecular formula is C15H17Cl2FN2O2. The van der Waals surface area contributed by atoms with E-state index in [4.69, 9.17) is 28.3 Å². The van der Waals surface area contributed by atoms with Crippen molar-refractivity contribution in [3.63, 3.8) is 0 Å². The highest BCUT2D eigenvalue weighted by atomic mass is 35.5. The number of nitrogens with one attached hydrogen (secondary N) is 1. The smallest absolute Gasteiger partial charge is 0.317 e. The van der Waals surface area contributed by atoms with Crippen molar-refractivity contribution in [2.24, 2.45) is 0 Å². The van der Waals surface area contributed by atoms with E-state index < -0.39 is 12.3 Å². The van der Waals surface area contributed by atoms with Gasteiger partial charge in [-0.3, -0.25) is 0 Å². The minimum Gasteiger partial charge on any atom is -0.393 e. The molecule has 2 aliphatic rings. The number of likely N-dealkylation sites (tertiary alicyclic amines) is 1. The molecule has 2 amide bonds. The number of rotatable bonds is 2. The summed E-state index contributed by atoms with van der Waals surface area (Å²) >= 11 is 12.2. The van der Waals surface area contributed by atoms with Crippen LogP contribution in [0.4, 0.5) is 9.18 Å². The molecule has 0 bridgehead atoms. The SMILES string of the molecule is O=C(N[C@H]1CCc2c1ccc(Cl)c2Cl)N1CC[C@@](F)(CO)C1. The van der Waals surface area contributed by atoms with Crippen molar-refractivity contribution in [2.45, 2.75) is 31.0 Å². The summed E-state index contributed by atoms with van der Waals surface area (Å²) < 4.78 is 14.0. The van der Waals surface area contributed by atoms with Crippen molar-refractivity contribution < 1.29 is 14.3 Å². The molecule has 0 radical (unpaired) electrons. The van der Waals surface area contributed by atoms with Gasteiger partial charge >= 0.3 is 6.03 Å². The van der Waals surface area contributed by atoms with E-state index in [1.807, 2.05) is 6.07 Å². The van der Waals surface area contributed by atoms with Gasteiger partial charge in [0.25, 0.3) is 0 Å². The average molecular weight is 347 g/mol. The number of alkyl halides is 1. The lowest BCUT2D eigenvalue weighted by Crippen LogP contribution is -2.42. The minimum atomic E-state index is -1.68. The van der Waals surface area contributed by atoms with Crippen LogP contribution < -0.4 is 5.32 Å². The molecule has 1 aromatic carbocycles. The summed E-state index contributed by atoms with van der Waals surface area (Å²) in [6, 6.07) is 3.15. The first kappa shape index (κ1) is 15.8. The molecule has 0 saturated carbocycles. The molecule has 2 atom stereocenters. The fourth-order valence-electron chi connectivity index (χ4n) is 3.16. The Bertz CT molecular complexity index is 613. The number of aliphatic hydroxyl groups is 1. The highest BCUT2D eigenvalue weighted by molar-refractivity contribution is 6.42. The molecule has 0 aromatic heterocycles. The second kappa shape index (κ2) is 5.87. The topological polar surface area (TPSA) is 52.6 Å². The zero-order valence-electron chi connectivity index (χ0n) is 11.9. The number of carbonyl (C=O) groups excluding carboxylic acids is 1. The zero-order chi connectivity index (χ0) is 15.9. The summed E-state index contributed by atoms with van der Waals surface area (Å²) in [6.45, 7) is -0.322. The van der Waals surface area contributed by atoms with Crippen LogP contribution in [0.1, 0.15) is 30.0 Å². The van der Waals surface area contributed by atoms with Crippen LogP contribution in [0, 0.1) is 0 Å². The van der Waals surface area contributed by atoms with E-state index in [9.17, 15) is 9.18 Å². The Morgan fingerprint density at radius 1 is 1.50 bits per heavy atom. The molecule has 0 spiro atoms. The molecule has 2 N–H and O–H groups in total. The van der Waals surface area contributed by atoms with Gasteiger partial charge in [-0.2, -0.15) is 0 Å². The Balaban J connectivity index is 1.69. The largest absolute Gasteiger partial charge is 0.393 e. The van der Waals surface area contributed by atoms with E-state index in [2.05, 4.69) is 5.32 Å². The maximum absolute atomic E-state index is 14.0. The molecule has 1 saturated heterocycles. The first-order chi connectivity index (χ1) is 10.4. The molecule has 1 aliphatic carbocycles. The van der Waals surface area contributed by atoms with Crippen molar-refractivity contribution >= 4 is 29.2 Å². The first-order valence-electron chi connectivity index (χ1n) is 7.25. The van der Waals surface area contributed by atoms with Gasteiger partial charge in [-0.05, 0) is 30.0 Å². The molecule has 1 fully saturated rings. The third kappa shape index (κ3) is 2.77. The zero-order valence-corrected chi connectivity index (χ0v) is 13.4. The van der Waals surface area contributed by atoms with Crippen LogP contribution in [-0.4, -0.2) is 41.4 Å². The lowest BCUT2D eigenvalue weighted by atomic mass is 10.1. The van der Waals surface area contributed by atoms with Crippen LogP contribution in [0.3, 0.4) is 0 Å². The normalized spacial score (nSPS) is 27.1. The Morgan fingerprint density at radius 3 is 2.95 bits per heavy atom. The molecule has 0 unspecified atom stereocenters. The molecule has 1 heterocycles. The third-order valence-electron chi connectivity index (χ3n) is 4.46. The third-order valence-corrected chi connectivity index (χ3v) is 5.31. The van der Waals surface area contributed by atoms with Crippen molar-refractivity contribution in [1.82, 2.24) is 10.2 Å². The van der Waals surface area contributed by atoms with Crippen LogP contribution in [-0.2, 0) is 6.42 Å². The van der Waals surface area contributed by atoms with Gasteiger partial charge in [0.2, 0.25) is 0 Å². The molecule has 22 heavy (non-hydrogen) atoms. The van der Waals surface area contributed by atoms with E-state index >= 15 is 0 Å². The number of halogens is 3. The summed E-state index contributed by atoms with van der Waals surface area (Å²) in [6.07, 6.45) is 1.67. The minimum absolute atomic E-state index is 0.0731. The maximum atomic E-state index is 14.0. The average Bonchev–Trinajstić information content (AvgIpc) is 3.08. The number of urea groups is 1. The van der Waals surface area contributed by atoms with Gasteiger partial charge in [0.1, 0.15) is 0 Å². The Morgan fingerprint density at radius 2 is 2.27 bits per heavy atom. The highest BCUT2D eigenvalue weighted by Gasteiger charge is 2.40. The number of benzene rings is 1. The van der Waals surface area contributed by atoms with E-state index in [1.165, 1.54) is 4.90 Å². The predicted octanol–water partition coefficient (Wildman–Crippen LogP) is 3.10. The Kier molecular flexibility index (Phi) is 4.23. The van der Waals surface area contributed by atoms with Gasteiger partial charge in [0.05, 0.1) is 29.2 Å². The second-order valence-corrected chi connectivity index (χ2v) is 6.74. The van der Waals surface area contributed by atoms with E-state index in [-0.39, 0.29) is 25.0 Å². The van der Waals surface area contributed by atoms with E-state index in [0.29, 0.717) is 16.6 Å². The highest BCUT2D eigenvalue weighted by Crippen LogP contribution is 2.39. The lowest BCUT2D eigenvalue weighted by Gasteiger charge is -2.22. The number of carbonyl (C=O) groups is 1. The molecule has 1 aliphatic heterocycles.